The highest BCUT2D eigenvalue weighted by atomic mass is 32.2. The lowest BCUT2D eigenvalue weighted by atomic mass is 10.3. The van der Waals surface area contributed by atoms with E-state index in [1.165, 1.54) is 21.4 Å². The van der Waals surface area contributed by atoms with E-state index in [4.69, 9.17) is 4.74 Å². The highest BCUT2D eigenvalue weighted by Gasteiger charge is 2.29. The maximum absolute atomic E-state index is 12.7. The first-order valence-electron chi connectivity index (χ1n) is 9.17. The molecule has 2 amide bonds. The first-order valence-corrected chi connectivity index (χ1v) is 10.6. The van der Waals surface area contributed by atoms with Crippen LogP contribution in [-0.4, -0.2) is 66.2 Å². The number of aromatic nitrogens is 2. The summed E-state index contributed by atoms with van der Waals surface area (Å²) in [4.78, 5) is 14.4. The monoisotopic (exact) mass is 407 g/mol. The number of anilines is 1. The molecule has 28 heavy (non-hydrogen) atoms. The molecule has 0 bridgehead atoms. The van der Waals surface area contributed by atoms with Crippen molar-refractivity contribution in [2.24, 2.45) is 7.05 Å². The van der Waals surface area contributed by atoms with Gasteiger partial charge in [-0.3, -0.25) is 4.68 Å². The zero-order valence-corrected chi connectivity index (χ0v) is 16.9. The fraction of sp³-hybridized carbons (Fsp3) is 0.444. The molecule has 2 aromatic rings. The van der Waals surface area contributed by atoms with Crippen LogP contribution in [-0.2, 0) is 17.1 Å². The van der Waals surface area contributed by atoms with Crippen molar-refractivity contribution in [1.29, 1.82) is 0 Å². The van der Waals surface area contributed by atoms with Crippen molar-refractivity contribution < 1.29 is 17.9 Å². The summed E-state index contributed by atoms with van der Waals surface area (Å²) in [5.74, 6) is 0.742. The molecule has 1 aliphatic heterocycles. The third-order valence-corrected chi connectivity index (χ3v) is 6.33. The SMILES string of the molecule is CCOc1ccc(NC(=O)N2CCCN(S(=O)(=O)c3cnn(C)c3)CC2)cc1. The molecule has 3 rings (SSSR count). The first-order chi connectivity index (χ1) is 13.4. The van der Waals surface area contributed by atoms with Gasteiger partial charge in [-0.2, -0.15) is 9.40 Å². The second-order valence-corrected chi connectivity index (χ2v) is 8.42. The zero-order chi connectivity index (χ0) is 20.1. The van der Waals surface area contributed by atoms with Gasteiger partial charge in [0.15, 0.2) is 0 Å². The number of aryl methyl sites for hydroxylation is 1. The van der Waals surface area contributed by atoms with Gasteiger partial charge in [0.2, 0.25) is 10.0 Å². The summed E-state index contributed by atoms with van der Waals surface area (Å²) in [5, 5.41) is 6.78. The Morgan fingerprint density at radius 2 is 1.93 bits per heavy atom. The summed E-state index contributed by atoms with van der Waals surface area (Å²) >= 11 is 0. The number of nitrogens with zero attached hydrogens (tertiary/aromatic N) is 4. The number of amides is 2. The smallest absolute Gasteiger partial charge is 0.321 e. The Balaban J connectivity index is 1.60. The van der Waals surface area contributed by atoms with Crippen LogP contribution in [0.2, 0.25) is 0 Å². The zero-order valence-electron chi connectivity index (χ0n) is 16.0. The van der Waals surface area contributed by atoms with Crippen LogP contribution in [0.4, 0.5) is 10.5 Å². The number of rotatable bonds is 5. The van der Waals surface area contributed by atoms with Crippen LogP contribution in [0.15, 0.2) is 41.6 Å². The van der Waals surface area contributed by atoms with Crippen molar-refractivity contribution >= 4 is 21.7 Å². The quantitative estimate of drug-likeness (QED) is 0.814. The van der Waals surface area contributed by atoms with E-state index in [0.717, 1.165) is 5.75 Å². The minimum atomic E-state index is -3.61. The molecule has 9 nitrogen and oxygen atoms in total. The van der Waals surface area contributed by atoms with E-state index in [9.17, 15) is 13.2 Å². The van der Waals surface area contributed by atoms with E-state index in [0.29, 0.717) is 38.3 Å². The fourth-order valence-corrected chi connectivity index (χ4v) is 4.48. The Labute approximate surface area is 164 Å². The van der Waals surface area contributed by atoms with E-state index in [2.05, 4.69) is 10.4 Å². The molecule has 1 N–H and O–H groups in total. The lowest BCUT2D eigenvalue weighted by Gasteiger charge is -2.22. The average Bonchev–Trinajstić information content (AvgIpc) is 2.96. The molecule has 1 aliphatic rings. The number of urea groups is 1. The lowest BCUT2D eigenvalue weighted by Crippen LogP contribution is -2.39. The normalized spacial score (nSPS) is 15.9. The van der Waals surface area contributed by atoms with Crippen LogP contribution in [0.5, 0.6) is 5.75 Å². The molecule has 1 aromatic heterocycles. The van der Waals surface area contributed by atoms with Gasteiger partial charge in [0.1, 0.15) is 10.6 Å². The number of hydrogen-bond acceptors (Lipinski definition) is 5. The summed E-state index contributed by atoms with van der Waals surface area (Å²) < 4.78 is 33.8. The van der Waals surface area contributed by atoms with Crippen LogP contribution in [0.3, 0.4) is 0 Å². The molecule has 1 saturated heterocycles. The standard InChI is InChI=1S/C18H25N5O4S/c1-3-27-16-7-5-15(6-8-16)20-18(24)22-9-4-10-23(12-11-22)28(25,26)17-13-19-21(2)14-17/h5-8,13-14H,3-4,9-12H2,1-2H3,(H,20,24). The summed E-state index contributed by atoms with van der Waals surface area (Å²) in [5.41, 5.74) is 0.664. The van der Waals surface area contributed by atoms with Crippen molar-refractivity contribution in [2.45, 2.75) is 18.2 Å². The summed E-state index contributed by atoms with van der Waals surface area (Å²) in [6.07, 6.45) is 3.39. The molecule has 1 fully saturated rings. The third kappa shape index (κ3) is 4.63. The molecule has 0 spiro atoms. The minimum absolute atomic E-state index is 0.169. The minimum Gasteiger partial charge on any atom is -0.494 e. The predicted molar refractivity (Wildman–Crippen MR) is 105 cm³/mol. The maximum Gasteiger partial charge on any atom is 0.321 e. The molecule has 0 saturated carbocycles. The van der Waals surface area contributed by atoms with E-state index in [1.807, 2.05) is 6.92 Å². The van der Waals surface area contributed by atoms with Gasteiger partial charge in [-0.25, -0.2) is 13.2 Å². The Morgan fingerprint density at radius 3 is 2.57 bits per heavy atom. The van der Waals surface area contributed by atoms with Crippen molar-refractivity contribution in [3.8, 4) is 5.75 Å². The van der Waals surface area contributed by atoms with Gasteiger partial charge in [-0.15, -0.1) is 0 Å². The van der Waals surface area contributed by atoms with Crippen LogP contribution in [0.1, 0.15) is 13.3 Å². The highest BCUT2D eigenvalue weighted by molar-refractivity contribution is 7.89. The maximum atomic E-state index is 12.7. The molecule has 0 aliphatic carbocycles. The molecule has 0 radical (unpaired) electrons. The fourth-order valence-electron chi connectivity index (χ4n) is 3.02. The van der Waals surface area contributed by atoms with Crippen molar-refractivity contribution in [3.05, 3.63) is 36.7 Å². The molecule has 1 aromatic carbocycles. The number of sulfonamides is 1. The van der Waals surface area contributed by atoms with E-state index in [-0.39, 0.29) is 17.5 Å². The van der Waals surface area contributed by atoms with Gasteiger partial charge in [-0.1, -0.05) is 0 Å². The van der Waals surface area contributed by atoms with Gasteiger partial charge in [-0.05, 0) is 37.6 Å². The molecule has 152 valence electrons. The lowest BCUT2D eigenvalue weighted by molar-refractivity contribution is 0.214. The average molecular weight is 407 g/mol. The van der Waals surface area contributed by atoms with E-state index >= 15 is 0 Å². The number of hydrogen-bond donors (Lipinski definition) is 1. The Hall–Kier alpha value is -2.59. The highest BCUT2D eigenvalue weighted by Crippen LogP contribution is 2.19. The molecular formula is C18H25N5O4S. The second kappa shape index (κ2) is 8.61. The molecule has 10 heteroatoms. The summed E-state index contributed by atoms with van der Waals surface area (Å²) in [7, 11) is -1.93. The first kappa shape index (κ1) is 20.2. The second-order valence-electron chi connectivity index (χ2n) is 6.48. The molecule has 0 atom stereocenters. The van der Waals surface area contributed by atoms with Gasteiger partial charge < -0.3 is 15.0 Å². The van der Waals surface area contributed by atoms with Crippen LogP contribution >= 0.6 is 0 Å². The number of carbonyl (C=O) groups excluding carboxylic acids is 1. The number of nitrogens with one attached hydrogen (secondary N) is 1. The van der Waals surface area contributed by atoms with Gasteiger partial charge in [0.25, 0.3) is 0 Å². The van der Waals surface area contributed by atoms with E-state index < -0.39 is 10.0 Å². The Morgan fingerprint density at radius 1 is 1.18 bits per heavy atom. The summed E-state index contributed by atoms with van der Waals surface area (Å²) in [6, 6.07) is 6.90. The van der Waals surface area contributed by atoms with Gasteiger partial charge in [0, 0.05) is 45.1 Å². The van der Waals surface area contributed by atoms with Crippen LogP contribution < -0.4 is 10.1 Å². The largest absolute Gasteiger partial charge is 0.494 e. The number of benzene rings is 1. The van der Waals surface area contributed by atoms with E-state index in [1.54, 1.807) is 36.2 Å². The summed E-state index contributed by atoms with van der Waals surface area (Å²) in [6.45, 7) is 3.91. The van der Waals surface area contributed by atoms with Crippen molar-refractivity contribution in [1.82, 2.24) is 19.0 Å². The van der Waals surface area contributed by atoms with Gasteiger partial charge in [0.05, 0.1) is 12.8 Å². The molecule has 2 heterocycles. The molecular weight excluding hydrogens is 382 g/mol. The Bertz CT molecular complexity index is 910. The number of ether oxygens (including phenoxy) is 1. The molecule has 0 unspecified atom stereocenters. The van der Waals surface area contributed by atoms with Crippen LogP contribution in [0, 0.1) is 0 Å². The topological polar surface area (TPSA) is 96.8 Å². The third-order valence-electron chi connectivity index (χ3n) is 4.48. The predicted octanol–water partition coefficient (Wildman–Crippen LogP) is 1.75. The Kier molecular flexibility index (Phi) is 6.20. The van der Waals surface area contributed by atoms with Crippen molar-refractivity contribution in [2.75, 3.05) is 38.1 Å². The van der Waals surface area contributed by atoms with Gasteiger partial charge >= 0.3 is 6.03 Å². The number of carbonyl (C=O) groups is 1. The van der Waals surface area contributed by atoms with Crippen molar-refractivity contribution in [3.63, 3.8) is 0 Å². The van der Waals surface area contributed by atoms with Crippen LogP contribution in [0.25, 0.3) is 0 Å².